The normalized spacial score (nSPS) is 12.9. The highest BCUT2D eigenvalue weighted by molar-refractivity contribution is 9.10. The van der Waals surface area contributed by atoms with Crippen molar-refractivity contribution in [3.05, 3.63) is 92.9 Å². The number of benzene rings is 3. The fourth-order valence-electron chi connectivity index (χ4n) is 2.97. The Hall–Kier alpha value is -2.05. The second-order valence-corrected chi connectivity index (χ2v) is 8.31. The molecule has 0 saturated carbocycles. The zero-order chi connectivity index (χ0) is 21.0. The third-order valence-electron chi connectivity index (χ3n) is 4.47. The van der Waals surface area contributed by atoms with Crippen molar-refractivity contribution in [3.63, 3.8) is 0 Å². The number of rotatable bonds is 5. The quantitative estimate of drug-likeness (QED) is 0.405. The number of aliphatic hydroxyl groups is 1. The lowest BCUT2D eigenvalue weighted by molar-refractivity contribution is 0.150. The van der Waals surface area contributed by atoms with Crippen LogP contribution in [-0.4, -0.2) is 17.2 Å². The molecule has 3 rings (SSSR count). The van der Waals surface area contributed by atoms with Crippen molar-refractivity contribution >= 4 is 56.5 Å². The Balaban J connectivity index is 1.92. The van der Waals surface area contributed by atoms with Crippen LogP contribution in [0.25, 0.3) is 0 Å². The highest BCUT2D eigenvalue weighted by Gasteiger charge is 2.29. The average Bonchev–Trinajstić information content (AvgIpc) is 2.70. The number of nitrogens with one attached hydrogen (secondary N) is 1. The number of hydrogen-bond donors (Lipinski definition) is 2. The van der Waals surface area contributed by atoms with Gasteiger partial charge in [-0.2, -0.15) is 0 Å². The first-order valence-electron chi connectivity index (χ1n) is 8.90. The minimum atomic E-state index is -0.904. The van der Waals surface area contributed by atoms with Crippen molar-refractivity contribution in [3.8, 4) is 0 Å². The van der Waals surface area contributed by atoms with Crippen molar-refractivity contribution in [2.24, 2.45) is 0 Å². The van der Waals surface area contributed by atoms with Gasteiger partial charge in [0, 0.05) is 25.9 Å². The zero-order valence-electron chi connectivity index (χ0n) is 15.5. The minimum Gasteiger partial charge on any atom is -0.386 e. The molecule has 2 unspecified atom stereocenters. The third kappa shape index (κ3) is 5.52. The van der Waals surface area contributed by atoms with E-state index < -0.39 is 12.1 Å². The van der Waals surface area contributed by atoms with Crippen molar-refractivity contribution in [1.29, 1.82) is 0 Å². The molecule has 0 fully saturated rings. The number of anilines is 2. The van der Waals surface area contributed by atoms with Gasteiger partial charge in [0.1, 0.15) is 0 Å². The van der Waals surface area contributed by atoms with Crippen molar-refractivity contribution < 1.29 is 9.90 Å². The molecule has 0 radical (unpaired) electrons. The molecule has 0 aromatic heterocycles. The van der Waals surface area contributed by atoms with E-state index in [-0.39, 0.29) is 6.03 Å². The van der Waals surface area contributed by atoms with E-state index in [2.05, 4.69) is 21.2 Å². The Bertz CT molecular complexity index is 981. The molecular formula is C22H19BrCl2N2O2. The lowest BCUT2D eigenvalue weighted by Gasteiger charge is -2.33. The van der Waals surface area contributed by atoms with E-state index >= 15 is 0 Å². The van der Waals surface area contributed by atoms with Gasteiger partial charge >= 0.3 is 6.03 Å². The molecule has 0 heterocycles. The van der Waals surface area contributed by atoms with Crippen LogP contribution in [0.5, 0.6) is 0 Å². The van der Waals surface area contributed by atoms with Gasteiger partial charge in [0.15, 0.2) is 0 Å². The molecule has 0 aliphatic rings. The number of halogens is 3. The standard InChI is InChI=1S/C22H19BrCl2N2O2/c1-14(21(28)15-3-2-4-16(23)13-15)27(20-11-7-18(25)8-12-20)22(29)26-19-9-5-17(24)6-10-19/h2-14,21,28H,1H3,(H,26,29). The summed E-state index contributed by atoms with van der Waals surface area (Å²) in [6, 6.07) is 20.2. The Morgan fingerprint density at radius 2 is 1.59 bits per heavy atom. The topological polar surface area (TPSA) is 52.6 Å². The number of aliphatic hydroxyl groups excluding tert-OH is 1. The third-order valence-corrected chi connectivity index (χ3v) is 5.47. The molecule has 2 amide bonds. The van der Waals surface area contributed by atoms with Gasteiger partial charge in [0.05, 0.1) is 12.1 Å². The summed E-state index contributed by atoms with van der Waals surface area (Å²) in [5.74, 6) is 0. The summed E-state index contributed by atoms with van der Waals surface area (Å²) in [5.41, 5.74) is 1.91. The van der Waals surface area contributed by atoms with Crippen LogP contribution in [0.3, 0.4) is 0 Å². The summed E-state index contributed by atoms with van der Waals surface area (Å²) in [4.78, 5) is 14.7. The van der Waals surface area contributed by atoms with Crippen LogP contribution < -0.4 is 10.2 Å². The lowest BCUT2D eigenvalue weighted by Crippen LogP contribution is -2.44. The molecule has 2 atom stereocenters. The number of nitrogens with zero attached hydrogens (tertiary/aromatic N) is 1. The molecular weight excluding hydrogens is 475 g/mol. The summed E-state index contributed by atoms with van der Waals surface area (Å²) >= 11 is 15.4. The number of urea groups is 1. The average molecular weight is 494 g/mol. The van der Waals surface area contributed by atoms with E-state index in [1.165, 1.54) is 4.90 Å². The van der Waals surface area contributed by atoms with Crippen molar-refractivity contribution in [2.75, 3.05) is 10.2 Å². The van der Waals surface area contributed by atoms with Gasteiger partial charge in [0.2, 0.25) is 0 Å². The van der Waals surface area contributed by atoms with Gasteiger partial charge in [0.25, 0.3) is 0 Å². The van der Waals surface area contributed by atoms with Crippen LogP contribution in [0.1, 0.15) is 18.6 Å². The lowest BCUT2D eigenvalue weighted by atomic mass is 10.0. The van der Waals surface area contributed by atoms with Crippen LogP contribution in [0.15, 0.2) is 77.3 Å². The van der Waals surface area contributed by atoms with E-state index in [0.29, 0.717) is 27.0 Å². The van der Waals surface area contributed by atoms with Gasteiger partial charge in [-0.05, 0) is 73.2 Å². The Morgan fingerprint density at radius 3 is 2.17 bits per heavy atom. The number of hydrogen-bond acceptors (Lipinski definition) is 2. The number of carbonyl (C=O) groups excluding carboxylic acids is 1. The van der Waals surface area contributed by atoms with E-state index in [1.54, 1.807) is 55.5 Å². The van der Waals surface area contributed by atoms with Crippen molar-refractivity contribution in [2.45, 2.75) is 19.1 Å². The maximum absolute atomic E-state index is 13.2. The predicted octanol–water partition coefficient (Wildman–Crippen LogP) is 6.92. The van der Waals surface area contributed by atoms with Gasteiger partial charge in [-0.25, -0.2) is 4.79 Å². The molecule has 2 N–H and O–H groups in total. The van der Waals surface area contributed by atoms with Gasteiger partial charge in [-0.3, -0.25) is 4.90 Å². The maximum atomic E-state index is 13.2. The SMILES string of the molecule is CC(C(O)c1cccc(Br)c1)N(C(=O)Nc1ccc(Cl)cc1)c1ccc(Cl)cc1. The first kappa shape index (κ1) is 21.7. The summed E-state index contributed by atoms with van der Waals surface area (Å²) in [7, 11) is 0. The largest absolute Gasteiger partial charge is 0.386 e. The molecule has 0 aliphatic carbocycles. The van der Waals surface area contributed by atoms with Crippen molar-refractivity contribution in [1.82, 2.24) is 0 Å². The number of carbonyl (C=O) groups is 1. The molecule has 3 aromatic carbocycles. The first-order chi connectivity index (χ1) is 13.8. The van der Waals surface area contributed by atoms with E-state index in [4.69, 9.17) is 23.2 Å². The number of amides is 2. The van der Waals surface area contributed by atoms with E-state index in [9.17, 15) is 9.90 Å². The summed E-state index contributed by atoms with van der Waals surface area (Å²) in [5, 5.41) is 15.0. The predicted molar refractivity (Wildman–Crippen MR) is 123 cm³/mol. The fraction of sp³-hybridized carbons (Fsp3) is 0.136. The van der Waals surface area contributed by atoms with E-state index in [1.807, 2.05) is 24.3 Å². The molecule has 0 spiro atoms. The van der Waals surface area contributed by atoms with Crippen LogP contribution in [0.4, 0.5) is 16.2 Å². The Morgan fingerprint density at radius 1 is 1.00 bits per heavy atom. The second-order valence-electron chi connectivity index (χ2n) is 6.52. The molecule has 4 nitrogen and oxygen atoms in total. The molecule has 29 heavy (non-hydrogen) atoms. The summed E-state index contributed by atoms with van der Waals surface area (Å²) in [6.45, 7) is 1.79. The van der Waals surface area contributed by atoms with Crippen LogP contribution in [0, 0.1) is 0 Å². The minimum absolute atomic E-state index is 0.379. The molecule has 150 valence electrons. The van der Waals surface area contributed by atoms with E-state index in [0.717, 1.165) is 4.47 Å². The van der Waals surface area contributed by atoms with Gasteiger partial charge in [-0.15, -0.1) is 0 Å². The fourth-order valence-corrected chi connectivity index (χ4v) is 3.64. The van der Waals surface area contributed by atoms with Crippen LogP contribution in [0.2, 0.25) is 10.0 Å². The smallest absolute Gasteiger partial charge is 0.326 e. The maximum Gasteiger partial charge on any atom is 0.326 e. The molecule has 7 heteroatoms. The second kappa shape index (κ2) is 9.63. The van der Waals surface area contributed by atoms with Crippen LogP contribution >= 0.6 is 39.1 Å². The highest BCUT2D eigenvalue weighted by Crippen LogP contribution is 2.29. The Labute approximate surface area is 188 Å². The monoisotopic (exact) mass is 492 g/mol. The van der Waals surface area contributed by atoms with Gasteiger partial charge < -0.3 is 10.4 Å². The summed E-state index contributed by atoms with van der Waals surface area (Å²) < 4.78 is 0.852. The highest BCUT2D eigenvalue weighted by atomic mass is 79.9. The zero-order valence-corrected chi connectivity index (χ0v) is 18.6. The van der Waals surface area contributed by atoms with Crippen LogP contribution in [-0.2, 0) is 0 Å². The molecule has 3 aromatic rings. The first-order valence-corrected chi connectivity index (χ1v) is 10.4. The summed E-state index contributed by atoms with van der Waals surface area (Å²) in [6.07, 6.45) is -0.904. The molecule has 0 aliphatic heterocycles. The Kier molecular flexibility index (Phi) is 7.19. The molecule has 0 saturated heterocycles. The van der Waals surface area contributed by atoms with Gasteiger partial charge in [-0.1, -0.05) is 51.3 Å². The molecule has 0 bridgehead atoms.